The van der Waals surface area contributed by atoms with E-state index in [1.54, 1.807) is 12.4 Å². The second-order valence-electron chi connectivity index (χ2n) is 3.87. The molecule has 0 aromatic carbocycles. The number of nitrogens with zero attached hydrogens (tertiary/aromatic N) is 5. The largest absolute Gasteiger partial charge is 0.338 e. The molecule has 2 rings (SSSR count). The summed E-state index contributed by atoms with van der Waals surface area (Å²) in [5.74, 6) is 0.805. The lowest BCUT2D eigenvalue weighted by Gasteiger charge is -2.33. The van der Waals surface area contributed by atoms with E-state index in [1.165, 1.54) is 6.08 Å². The highest BCUT2D eigenvalue weighted by atomic mass is 15.3. The van der Waals surface area contributed by atoms with Crippen molar-refractivity contribution in [2.75, 3.05) is 37.6 Å². The van der Waals surface area contributed by atoms with E-state index in [0.717, 1.165) is 38.7 Å². The SMILES string of the molecule is N#CC=CCN1CCN(c2ncccn2)CC1. The van der Waals surface area contributed by atoms with Gasteiger partial charge in [-0.05, 0) is 6.07 Å². The normalized spacial score (nSPS) is 17.2. The maximum atomic E-state index is 8.41. The van der Waals surface area contributed by atoms with Crippen LogP contribution in [0.1, 0.15) is 0 Å². The molecule has 0 spiro atoms. The fourth-order valence-electron chi connectivity index (χ4n) is 1.84. The van der Waals surface area contributed by atoms with Gasteiger partial charge in [0.1, 0.15) is 0 Å². The Morgan fingerprint density at radius 1 is 1.24 bits per heavy atom. The molecule has 2 heterocycles. The highest BCUT2D eigenvalue weighted by molar-refractivity contribution is 5.29. The van der Waals surface area contributed by atoms with Gasteiger partial charge in [-0.25, -0.2) is 9.97 Å². The standard InChI is InChI=1S/C12H15N5/c13-4-1-2-7-16-8-10-17(11-9-16)12-14-5-3-6-15-12/h1-3,5-6H,7-11H2. The summed E-state index contributed by atoms with van der Waals surface area (Å²) < 4.78 is 0. The molecule has 1 aliphatic heterocycles. The minimum absolute atomic E-state index is 0.805. The summed E-state index contributed by atoms with van der Waals surface area (Å²) in [6.45, 7) is 4.67. The van der Waals surface area contributed by atoms with Gasteiger partial charge in [0, 0.05) is 51.2 Å². The first-order valence-corrected chi connectivity index (χ1v) is 5.69. The van der Waals surface area contributed by atoms with E-state index in [1.807, 2.05) is 18.2 Å². The first-order valence-electron chi connectivity index (χ1n) is 5.69. The van der Waals surface area contributed by atoms with Gasteiger partial charge in [0.15, 0.2) is 0 Å². The number of hydrogen-bond donors (Lipinski definition) is 0. The molecule has 17 heavy (non-hydrogen) atoms. The van der Waals surface area contributed by atoms with Gasteiger partial charge in [0.05, 0.1) is 6.07 Å². The molecular weight excluding hydrogens is 214 g/mol. The number of hydrogen-bond acceptors (Lipinski definition) is 5. The van der Waals surface area contributed by atoms with Crippen LogP contribution < -0.4 is 4.90 Å². The van der Waals surface area contributed by atoms with Crippen LogP contribution in [0.5, 0.6) is 0 Å². The molecule has 0 N–H and O–H groups in total. The van der Waals surface area contributed by atoms with Crippen molar-refractivity contribution >= 4 is 5.95 Å². The van der Waals surface area contributed by atoms with Crippen molar-refractivity contribution in [3.8, 4) is 6.07 Å². The van der Waals surface area contributed by atoms with Crippen LogP contribution in [0.4, 0.5) is 5.95 Å². The average Bonchev–Trinajstić information content (AvgIpc) is 2.41. The number of piperazine rings is 1. The molecule has 1 aromatic heterocycles. The molecule has 0 bridgehead atoms. The highest BCUT2D eigenvalue weighted by Gasteiger charge is 2.17. The van der Waals surface area contributed by atoms with E-state index in [9.17, 15) is 0 Å². The van der Waals surface area contributed by atoms with Crippen LogP contribution in [0.15, 0.2) is 30.6 Å². The van der Waals surface area contributed by atoms with Gasteiger partial charge < -0.3 is 4.90 Å². The van der Waals surface area contributed by atoms with Crippen LogP contribution in [0.3, 0.4) is 0 Å². The van der Waals surface area contributed by atoms with Gasteiger partial charge in [-0.3, -0.25) is 4.90 Å². The van der Waals surface area contributed by atoms with E-state index >= 15 is 0 Å². The number of rotatable bonds is 3. The first-order chi connectivity index (χ1) is 8.40. The maximum Gasteiger partial charge on any atom is 0.225 e. The first kappa shape index (κ1) is 11.6. The van der Waals surface area contributed by atoms with Gasteiger partial charge in [0.25, 0.3) is 0 Å². The van der Waals surface area contributed by atoms with Crippen molar-refractivity contribution in [3.63, 3.8) is 0 Å². The van der Waals surface area contributed by atoms with E-state index in [4.69, 9.17) is 5.26 Å². The van der Waals surface area contributed by atoms with Crippen LogP contribution in [0.25, 0.3) is 0 Å². The molecule has 0 radical (unpaired) electrons. The second kappa shape index (κ2) is 5.97. The summed E-state index contributed by atoms with van der Waals surface area (Å²) in [6, 6.07) is 3.83. The molecule has 1 fully saturated rings. The predicted octanol–water partition coefficient (Wildman–Crippen LogP) is 0.678. The zero-order valence-corrected chi connectivity index (χ0v) is 9.66. The predicted molar refractivity (Wildman–Crippen MR) is 65.4 cm³/mol. The van der Waals surface area contributed by atoms with Crippen molar-refractivity contribution in [3.05, 3.63) is 30.6 Å². The summed E-state index contributed by atoms with van der Waals surface area (Å²) in [5.41, 5.74) is 0. The molecule has 1 aromatic rings. The topological polar surface area (TPSA) is 56.1 Å². The van der Waals surface area contributed by atoms with Crippen molar-refractivity contribution in [2.45, 2.75) is 0 Å². The fraction of sp³-hybridized carbons (Fsp3) is 0.417. The van der Waals surface area contributed by atoms with Crippen LogP contribution >= 0.6 is 0 Å². The second-order valence-corrected chi connectivity index (χ2v) is 3.87. The Morgan fingerprint density at radius 2 is 1.94 bits per heavy atom. The molecular formula is C12H15N5. The molecule has 5 heteroatoms. The summed E-state index contributed by atoms with van der Waals surface area (Å²) in [4.78, 5) is 13.0. The lowest BCUT2D eigenvalue weighted by atomic mass is 10.3. The van der Waals surface area contributed by atoms with Gasteiger partial charge in [-0.15, -0.1) is 0 Å². The van der Waals surface area contributed by atoms with Crippen LogP contribution in [-0.4, -0.2) is 47.6 Å². The molecule has 0 amide bonds. The Bertz CT molecular complexity index is 401. The van der Waals surface area contributed by atoms with Crippen LogP contribution in [-0.2, 0) is 0 Å². The summed E-state index contributed by atoms with van der Waals surface area (Å²) in [7, 11) is 0. The van der Waals surface area contributed by atoms with E-state index in [-0.39, 0.29) is 0 Å². The van der Waals surface area contributed by atoms with Gasteiger partial charge in [0.2, 0.25) is 5.95 Å². The lowest BCUT2D eigenvalue weighted by Crippen LogP contribution is -2.46. The van der Waals surface area contributed by atoms with E-state index in [0.29, 0.717) is 0 Å². The Morgan fingerprint density at radius 3 is 2.59 bits per heavy atom. The third kappa shape index (κ3) is 3.26. The quantitative estimate of drug-likeness (QED) is 0.713. The Kier molecular flexibility index (Phi) is 4.05. The molecule has 5 nitrogen and oxygen atoms in total. The van der Waals surface area contributed by atoms with Gasteiger partial charge >= 0.3 is 0 Å². The Hall–Kier alpha value is -1.93. The average molecular weight is 229 g/mol. The van der Waals surface area contributed by atoms with Crippen molar-refractivity contribution in [1.82, 2.24) is 14.9 Å². The minimum atomic E-state index is 0.805. The molecule has 0 aliphatic carbocycles. The number of aromatic nitrogens is 2. The maximum absolute atomic E-state index is 8.41. The zero-order valence-electron chi connectivity index (χ0n) is 9.66. The third-order valence-electron chi connectivity index (χ3n) is 2.76. The molecule has 1 aliphatic rings. The number of allylic oxidation sites excluding steroid dienone is 1. The molecule has 0 unspecified atom stereocenters. The third-order valence-corrected chi connectivity index (χ3v) is 2.76. The Balaban J connectivity index is 1.83. The number of nitriles is 1. The summed E-state index contributed by atoms with van der Waals surface area (Å²) in [6.07, 6.45) is 6.97. The van der Waals surface area contributed by atoms with Crippen molar-refractivity contribution < 1.29 is 0 Å². The van der Waals surface area contributed by atoms with Crippen molar-refractivity contribution in [2.24, 2.45) is 0 Å². The highest BCUT2D eigenvalue weighted by Crippen LogP contribution is 2.09. The molecule has 0 saturated carbocycles. The van der Waals surface area contributed by atoms with Gasteiger partial charge in [-0.1, -0.05) is 6.08 Å². The number of anilines is 1. The zero-order chi connectivity index (χ0) is 11.9. The summed E-state index contributed by atoms with van der Waals surface area (Å²) >= 11 is 0. The molecule has 1 saturated heterocycles. The smallest absolute Gasteiger partial charge is 0.225 e. The van der Waals surface area contributed by atoms with Crippen LogP contribution in [0, 0.1) is 11.3 Å². The molecule has 0 atom stereocenters. The van der Waals surface area contributed by atoms with E-state index in [2.05, 4.69) is 19.8 Å². The van der Waals surface area contributed by atoms with Crippen LogP contribution in [0.2, 0.25) is 0 Å². The molecule has 88 valence electrons. The van der Waals surface area contributed by atoms with Gasteiger partial charge in [-0.2, -0.15) is 5.26 Å². The fourth-order valence-corrected chi connectivity index (χ4v) is 1.84. The van der Waals surface area contributed by atoms with Crippen molar-refractivity contribution in [1.29, 1.82) is 5.26 Å². The Labute approximate surface area is 101 Å². The summed E-state index contributed by atoms with van der Waals surface area (Å²) in [5, 5.41) is 8.41. The lowest BCUT2D eigenvalue weighted by molar-refractivity contribution is 0.282. The monoisotopic (exact) mass is 229 g/mol. The minimum Gasteiger partial charge on any atom is -0.338 e. The van der Waals surface area contributed by atoms with E-state index < -0.39 is 0 Å².